The first-order chi connectivity index (χ1) is 9.29. The lowest BCUT2D eigenvalue weighted by Gasteiger charge is -2.33. The Morgan fingerprint density at radius 2 is 1.89 bits per heavy atom. The zero-order chi connectivity index (χ0) is 13.2. The number of hydrogen-bond acceptors (Lipinski definition) is 2. The van der Waals surface area contributed by atoms with Crippen LogP contribution in [0.5, 0.6) is 0 Å². The average Bonchev–Trinajstić information content (AvgIpc) is 2.89. The maximum absolute atomic E-state index is 9.21. The highest BCUT2D eigenvalue weighted by Crippen LogP contribution is 2.38. The molecule has 4 atom stereocenters. The first-order valence-corrected chi connectivity index (χ1v) is 7.54. The fourth-order valence-corrected chi connectivity index (χ4v) is 3.75. The summed E-state index contributed by atoms with van der Waals surface area (Å²) in [6.45, 7) is 2.32. The second-order valence-electron chi connectivity index (χ2n) is 6.10. The van der Waals surface area contributed by atoms with Gasteiger partial charge < -0.3 is 5.32 Å². The molecule has 0 bridgehead atoms. The number of hydrogen-bond donors (Lipinski definition) is 1. The second-order valence-corrected chi connectivity index (χ2v) is 6.10. The van der Waals surface area contributed by atoms with Crippen molar-refractivity contribution < 1.29 is 0 Å². The van der Waals surface area contributed by atoms with Gasteiger partial charge in [-0.25, -0.2) is 0 Å². The molecule has 2 nitrogen and oxygen atoms in total. The van der Waals surface area contributed by atoms with Crippen LogP contribution in [0.4, 0.5) is 0 Å². The number of nitrogens with one attached hydrogen (secondary N) is 1. The highest BCUT2D eigenvalue weighted by molar-refractivity contribution is 5.35. The summed E-state index contributed by atoms with van der Waals surface area (Å²) in [5.74, 6) is 0.885. The minimum absolute atomic E-state index is 0.214. The quantitative estimate of drug-likeness (QED) is 0.868. The van der Waals surface area contributed by atoms with E-state index in [4.69, 9.17) is 0 Å². The van der Waals surface area contributed by atoms with E-state index >= 15 is 0 Å². The Hall–Kier alpha value is -1.33. The summed E-state index contributed by atoms with van der Waals surface area (Å²) in [6, 6.07) is 12.1. The van der Waals surface area contributed by atoms with Crippen LogP contribution in [0.3, 0.4) is 0 Å². The monoisotopic (exact) mass is 254 g/mol. The van der Waals surface area contributed by atoms with Crippen LogP contribution in [0, 0.1) is 17.2 Å². The van der Waals surface area contributed by atoms with E-state index in [9.17, 15) is 5.26 Å². The molecule has 4 unspecified atom stereocenters. The van der Waals surface area contributed by atoms with E-state index in [-0.39, 0.29) is 5.92 Å². The number of rotatable bonds is 2. The van der Waals surface area contributed by atoms with Crippen molar-refractivity contribution in [2.45, 2.75) is 57.0 Å². The highest BCUT2D eigenvalue weighted by atomic mass is 15.0. The van der Waals surface area contributed by atoms with E-state index in [2.05, 4.69) is 42.6 Å². The van der Waals surface area contributed by atoms with Gasteiger partial charge in [-0.3, -0.25) is 0 Å². The first-order valence-electron chi connectivity index (χ1n) is 7.54. The van der Waals surface area contributed by atoms with Crippen molar-refractivity contribution in [1.29, 1.82) is 5.26 Å². The zero-order valence-electron chi connectivity index (χ0n) is 11.6. The molecule has 0 amide bonds. The van der Waals surface area contributed by atoms with Crippen LogP contribution in [-0.4, -0.2) is 6.04 Å². The van der Waals surface area contributed by atoms with Crippen LogP contribution in [0.2, 0.25) is 0 Å². The molecule has 1 aromatic rings. The van der Waals surface area contributed by atoms with E-state index in [1.165, 1.54) is 30.4 Å². The fraction of sp³-hybridized carbons (Fsp3) is 0.588. The second kappa shape index (κ2) is 5.35. The topological polar surface area (TPSA) is 35.8 Å². The van der Waals surface area contributed by atoms with E-state index < -0.39 is 0 Å². The summed E-state index contributed by atoms with van der Waals surface area (Å²) in [5, 5.41) is 13.0. The van der Waals surface area contributed by atoms with Crippen LogP contribution < -0.4 is 5.32 Å². The van der Waals surface area contributed by atoms with Gasteiger partial charge in [0.05, 0.1) is 12.0 Å². The Morgan fingerprint density at radius 3 is 2.68 bits per heavy atom. The predicted octanol–water partition coefficient (Wildman–Crippen LogP) is 3.91. The minimum atomic E-state index is 0.214. The molecule has 0 aromatic heterocycles. The maximum Gasteiger partial charge on any atom is 0.0672 e. The van der Waals surface area contributed by atoms with Gasteiger partial charge >= 0.3 is 0 Å². The van der Waals surface area contributed by atoms with Crippen molar-refractivity contribution in [2.24, 2.45) is 5.92 Å². The number of fused-ring (bicyclic) bond motifs is 1. The summed E-state index contributed by atoms with van der Waals surface area (Å²) in [6.07, 6.45) is 5.87. The summed E-state index contributed by atoms with van der Waals surface area (Å²) >= 11 is 0. The summed E-state index contributed by atoms with van der Waals surface area (Å²) in [7, 11) is 0. The molecular formula is C17H22N2. The third kappa shape index (κ3) is 2.40. The molecule has 0 saturated heterocycles. The SMILES string of the molecule is CC1CCC(NC2CCCC2C#N)c2ccccc21. The van der Waals surface area contributed by atoms with Gasteiger partial charge in [0.2, 0.25) is 0 Å². The van der Waals surface area contributed by atoms with Crippen LogP contribution >= 0.6 is 0 Å². The van der Waals surface area contributed by atoms with E-state index in [1.54, 1.807) is 0 Å². The molecule has 2 aliphatic carbocycles. The molecule has 1 N–H and O–H groups in total. The molecule has 0 spiro atoms. The minimum Gasteiger partial charge on any atom is -0.306 e. The van der Waals surface area contributed by atoms with Crippen molar-refractivity contribution in [1.82, 2.24) is 5.32 Å². The average molecular weight is 254 g/mol. The molecule has 19 heavy (non-hydrogen) atoms. The van der Waals surface area contributed by atoms with E-state index in [0.717, 1.165) is 12.8 Å². The molecule has 0 radical (unpaired) electrons. The Bertz CT molecular complexity index is 488. The van der Waals surface area contributed by atoms with Gasteiger partial charge in [0.1, 0.15) is 0 Å². The van der Waals surface area contributed by atoms with Crippen LogP contribution in [-0.2, 0) is 0 Å². The van der Waals surface area contributed by atoms with Gasteiger partial charge in [-0.2, -0.15) is 5.26 Å². The third-order valence-electron chi connectivity index (χ3n) is 4.89. The zero-order valence-corrected chi connectivity index (χ0v) is 11.6. The lowest BCUT2D eigenvalue weighted by Crippen LogP contribution is -2.37. The molecule has 1 aromatic carbocycles. The Kier molecular flexibility index (Phi) is 3.57. The maximum atomic E-state index is 9.21. The standard InChI is InChI=1S/C17H22N2/c1-12-9-10-17(15-7-3-2-6-14(12)15)19-16-8-4-5-13(16)11-18/h2-3,6-7,12-13,16-17,19H,4-5,8-10H2,1H3. The van der Waals surface area contributed by atoms with E-state index in [0.29, 0.717) is 18.0 Å². The largest absolute Gasteiger partial charge is 0.306 e. The van der Waals surface area contributed by atoms with Crippen LogP contribution in [0.1, 0.15) is 62.1 Å². The van der Waals surface area contributed by atoms with Crippen LogP contribution in [0.15, 0.2) is 24.3 Å². The number of nitrogens with zero attached hydrogens (tertiary/aromatic N) is 1. The van der Waals surface area contributed by atoms with Crippen molar-refractivity contribution in [2.75, 3.05) is 0 Å². The number of nitriles is 1. The fourth-order valence-electron chi connectivity index (χ4n) is 3.75. The Morgan fingerprint density at radius 1 is 1.11 bits per heavy atom. The van der Waals surface area contributed by atoms with Gasteiger partial charge in [0, 0.05) is 12.1 Å². The van der Waals surface area contributed by atoms with Gasteiger partial charge in [-0.1, -0.05) is 37.6 Å². The molecular weight excluding hydrogens is 232 g/mol. The van der Waals surface area contributed by atoms with Crippen LogP contribution in [0.25, 0.3) is 0 Å². The highest BCUT2D eigenvalue weighted by Gasteiger charge is 2.31. The first kappa shape index (κ1) is 12.7. The van der Waals surface area contributed by atoms with Gasteiger partial charge in [0.15, 0.2) is 0 Å². The summed E-state index contributed by atoms with van der Waals surface area (Å²) < 4.78 is 0. The molecule has 3 rings (SSSR count). The summed E-state index contributed by atoms with van der Waals surface area (Å²) in [5.41, 5.74) is 2.96. The lowest BCUT2D eigenvalue weighted by atomic mass is 9.80. The van der Waals surface area contributed by atoms with Crippen molar-refractivity contribution in [3.63, 3.8) is 0 Å². The molecule has 1 saturated carbocycles. The van der Waals surface area contributed by atoms with Gasteiger partial charge in [0.25, 0.3) is 0 Å². The molecule has 2 aliphatic rings. The summed E-state index contributed by atoms with van der Waals surface area (Å²) in [4.78, 5) is 0. The number of benzene rings is 1. The Labute approximate surface area is 115 Å². The normalized spacial score (nSPS) is 33.7. The van der Waals surface area contributed by atoms with Crippen molar-refractivity contribution in [3.8, 4) is 6.07 Å². The van der Waals surface area contributed by atoms with Crippen molar-refractivity contribution in [3.05, 3.63) is 35.4 Å². The molecule has 0 aliphatic heterocycles. The van der Waals surface area contributed by atoms with Crippen molar-refractivity contribution >= 4 is 0 Å². The molecule has 2 heteroatoms. The molecule has 100 valence electrons. The third-order valence-corrected chi connectivity index (χ3v) is 4.89. The molecule has 1 fully saturated rings. The Balaban J connectivity index is 1.80. The van der Waals surface area contributed by atoms with Gasteiger partial charge in [-0.05, 0) is 42.7 Å². The van der Waals surface area contributed by atoms with Gasteiger partial charge in [-0.15, -0.1) is 0 Å². The smallest absolute Gasteiger partial charge is 0.0672 e. The lowest BCUT2D eigenvalue weighted by molar-refractivity contribution is 0.358. The predicted molar refractivity (Wildman–Crippen MR) is 76.7 cm³/mol. The molecule has 0 heterocycles. The van der Waals surface area contributed by atoms with E-state index in [1.807, 2.05) is 0 Å².